The van der Waals surface area contributed by atoms with Crippen LogP contribution < -0.4 is 5.73 Å². The Morgan fingerprint density at radius 3 is 2.23 bits per heavy atom. The second-order valence-electron chi connectivity index (χ2n) is 3.63. The third kappa shape index (κ3) is 1.64. The highest BCUT2D eigenvalue weighted by molar-refractivity contribution is 5.30. The van der Waals surface area contributed by atoms with Crippen molar-refractivity contribution in [3.63, 3.8) is 0 Å². The van der Waals surface area contributed by atoms with Crippen LogP contribution in [0.5, 0.6) is 0 Å². The van der Waals surface area contributed by atoms with E-state index in [2.05, 4.69) is 5.16 Å². The lowest BCUT2D eigenvalue weighted by atomic mass is 9.84. The lowest BCUT2D eigenvalue weighted by Crippen LogP contribution is -2.37. The molecule has 0 aliphatic rings. The van der Waals surface area contributed by atoms with Gasteiger partial charge in [-0.15, -0.1) is 0 Å². The fourth-order valence-corrected chi connectivity index (χ4v) is 0.800. The summed E-state index contributed by atoms with van der Waals surface area (Å²) in [4.78, 5) is 0. The fraction of sp³-hybridized carbons (Fsp3) is 0.625. The van der Waals surface area contributed by atoms with Crippen LogP contribution in [0.4, 0.5) is 14.6 Å². The third-order valence-electron chi connectivity index (χ3n) is 2.24. The zero-order valence-corrected chi connectivity index (χ0v) is 7.77. The first-order chi connectivity index (χ1) is 5.75. The summed E-state index contributed by atoms with van der Waals surface area (Å²) in [6, 6.07) is 1.32. The molecule has 1 heterocycles. The van der Waals surface area contributed by atoms with E-state index in [1.165, 1.54) is 19.9 Å². The predicted octanol–water partition coefficient (Wildman–Crippen LogP) is 2.19. The Balaban J connectivity index is 3.07. The molecule has 0 fully saturated rings. The van der Waals surface area contributed by atoms with Crippen molar-refractivity contribution in [1.29, 1.82) is 0 Å². The quantitative estimate of drug-likeness (QED) is 0.777. The van der Waals surface area contributed by atoms with Crippen molar-refractivity contribution in [3.05, 3.63) is 11.8 Å². The summed E-state index contributed by atoms with van der Waals surface area (Å²) in [6.45, 7) is 3.60. The van der Waals surface area contributed by atoms with Gasteiger partial charge in [0.15, 0.2) is 11.6 Å². The van der Waals surface area contributed by atoms with Crippen molar-refractivity contribution in [2.24, 2.45) is 0 Å². The number of anilines is 1. The summed E-state index contributed by atoms with van der Waals surface area (Å²) < 4.78 is 30.8. The van der Waals surface area contributed by atoms with Gasteiger partial charge in [0.1, 0.15) is 0 Å². The first kappa shape index (κ1) is 9.95. The minimum atomic E-state index is -2.88. The van der Waals surface area contributed by atoms with Gasteiger partial charge in [0.2, 0.25) is 0 Å². The van der Waals surface area contributed by atoms with Gasteiger partial charge in [0, 0.05) is 13.0 Å². The number of nitrogens with two attached hydrogens (primary N) is 1. The van der Waals surface area contributed by atoms with Gasteiger partial charge >= 0.3 is 0 Å². The van der Waals surface area contributed by atoms with Gasteiger partial charge < -0.3 is 10.3 Å². The summed E-state index contributed by atoms with van der Waals surface area (Å²) >= 11 is 0. The monoisotopic (exact) mass is 190 g/mol. The van der Waals surface area contributed by atoms with Crippen molar-refractivity contribution in [2.45, 2.75) is 32.1 Å². The van der Waals surface area contributed by atoms with Gasteiger partial charge in [0.25, 0.3) is 5.92 Å². The number of hydrogen-bond acceptors (Lipinski definition) is 3. The maximum absolute atomic E-state index is 13.1. The number of halogens is 2. The minimum Gasteiger partial charge on any atom is -0.381 e. The van der Waals surface area contributed by atoms with Crippen LogP contribution >= 0.6 is 0 Å². The molecule has 13 heavy (non-hydrogen) atoms. The van der Waals surface area contributed by atoms with Crippen molar-refractivity contribution >= 4 is 5.82 Å². The number of aromatic nitrogens is 1. The molecule has 0 aliphatic carbocycles. The SMILES string of the molecule is CC(F)(F)C(C)(C)c1cc(N)no1. The van der Waals surface area contributed by atoms with Crippen LogP contribution in [0.15, 0.2) is 10.6 Å². The average Bonchev–Trinajstić information content (AvgIpc) is 2.33. The van der Waals surface area contributed by atoms with E-state index in [1.807, 2.05) is 0 Å². The summed E-state index contributed by atoms with van der Waals surface area (Å²) in [5, 5.41) is 3.37. The molecule has 0 spiro atoms. The number of alkyl halides is 2. The Bertz CT molecular complexity index is 301. The van der Waals surface area contributed by atoms with Crippen molar-refractivity contribution in [3.8, 4) is 0 Å². The molecule has 1 rings (SSSR count). The molecule has 0 aliphatic heterocycles. The lowest BCUT2D eigenvalue weighted by Gasteiger charge is -2.28. The summed E-state index contributed by atoms with van der Waals surface area (Å²) in [5.41, 5.74) is 3.88. The molecule has 0 radical (unpaired) electrons. The second kappa shape index (κ2) is 2.68. The summed E-state index contributed by atoms with van der Waals surface area (Å²) in [6.07, 6.45) is 0. The molecule has 0 bridgehead atoms. The molecular weight excluding hydrogens is 178 g/mol. The molecule has 1 aromatic heterocycles. The van der Waals surface area contributed by atoms with Gasteiger partial charge in [-0.3, -0.25) is 0 Å². The van der Waals surface area contributed by atoms with Gasteiger partial charge in [-0.05, 0) is 13.8 Å². The van der Waals surface area contributed by atoms with E-state index < -0.39 is 11.3 Å². The smallest absolute Gasteiger partial charge is 0.257 e. The van der Waals surface area contributed by atoms with Crippen molar-refractivity contribution in [2.75, 3.05) is 5.73 Å². The van der Waals surface area contributed by atoms with Crippen molar-refractivity contribution in [1.82, 2.24) is 5.16 Å². The minimum absolute atomic E-state index is 0.0949. The molecule has 0 aromatic carbocycles. The number of hydrogen-bond donors (Lipinski definition) is 1. The Morgan fingerprint density at radius 1 is 1.38 bits per heavy atom. The highest BCUT2D eigenvalue weighted by atomic mass is 19.3. The second-order valence-corrected chi connectivity index (χ2v) is 3.63. The zero-order chi connectivity index (χ0) is 10.3. The molecule has 0 saturated heterocycles. The lowest BCUT2D eigenvalue weighted by molar-refractivity contribution is -0.0563. The average molecular weight is 190 g/mol. The summed E-state index contributed by atoms with van der Waals surface area (Å²) in [5.74, 6) is -2.66. The van der Waals surface area contributed by atoms with E-state index in [0.29, 0.717) is 0 Å². The molecule has 3 nitrogen and oxygen atoms in total. The van der Waals surface area contributed by atoms with E-state index in [1.54, 1.807) is 0 Å². The maximum Gasteiger partial charge on any atom is 0.257 e. The predicted molar refractivity (Wildman–Crippen MR) is 44.6 cm³/mol. The third-order valence-corrected chi connectivity index (χ3v) is 2.24. The molecule has 74 valence electrons. The number of nitrogens with zero attached hydrogens (tertiary/aromatic N) is 1. The molecule has 0 saturated carbocycles. The molecule has 0 unspecified atom stereocenters. The van der Waals surface area contributed by atoms with E-state index in [9.17, 15) is 8.78 Å². The molecule has 5 heteroatoms. The zero-order valence-electron chi connectivity index (χ0n) is 7.77. The Kier molecular flexibility index (Phi) is 2.05. The van der Waals surface area contributed by atoms with Gasteiger partial charge in [-0.25, -0.2) is 8.78 Å². The van der Waals surface area contributed by atoms with Crippen LogP contribution in [0.2, 0.25) is 0 Å². The van der Waals surface area contributed by atoms with E-state index in [-0.39, 0.29) is 11.6 Å². The van der Waals surface area contributed by atoms with Crippen LogP contribution in [-0.2, 0) is 5.41 Å². The van der Waals surface area contributed by atoms with E-state index in [4.69, 9.17) is 10.3 Å². The molecular formula is C8H12F2N2O. The maximum atomic E-state index is 13.1. The van der Waals surface area contributed by atoms with Gasteiger partial charge in [0.05, 0.1) is 5.41 Å². The fourth-order valence-electron chi connectivity index (χ4n) is 0.800. The van der Waals surface area contributed by atoms with Crippen LogP contribution in [-0.4, -0.2) is 11.1 Å². The molecule has 2 N–H and O–H groups in total. The topological polar surface area (TPSA) is 52.0 Å². The number of nitrogen functional groups attached to an aromatic ring is 1. The molecule has 0 atom stereocenters. The summed E-state index contributed by atoms with van der Waals surface area (Å²) in [7, 11) is 0. The van der Waals surface area contributed by atoms with Gasteiger partial charge in [-0.2, -0.15) is 0 Å². The molecule has 0 amide bonds. The highest BCUT2D eigenvalue weighted by Crippen LogP contribution is 2.39. The van der Waals surface area contributed by atoms with E-state index in [0.717, 1.165) is 6.92 Å². The largest absolute Gasteiger partial charge is 0.381 e. The van der Waals surface area contributed by atoms with Crippen LogP contribution in [0.1, 0.15) is 26.5 Å². The Hall–Kier alpha value is -1.13. The van der Waals surface area contributed by atoms with Crippen LogP contribution in [0.3, 0.4) is 0 Å². The first-order valence-electron chi connectivity index (χ1n) is 3.85. The van der Waals surface area contributed by atoms with Gasteiger partial charge in [-0.1, -0.05) is 5.16 Å². The van der Waals surface area contributed by atoms with Crippen molar-refractivity contribution < 1.29 is 13.3 Å². The van der Waals surface area contributed by atoms with Crippen LogP contribution in [0.25, 0.3) is 0 Å². The first-order valence-corrected chi connectivity index (χ1v) is 3.85. The standard InChI is InChI=1S/C8H12F2N2O/c1-7(2,8(3,9)10)5-4-6(11)12-13-5/h4H,1-3H3,(H2,11,12). The van der Waals surface area contributed by atoms with E-state index >= 15 is 0 Å². The Labute approximate surface area is 74.9 Å². The normalized spacial score (nSPS) is 13.3. The Morgan fingerprint density at radius 2 is 1.92 bits per heavy atom. The van der Waals surface area contributed by atoms with Crippen LogP contribution in [0, 0.1) is 0 Å². The highest BCUT2D eigenvalue weighted by Gasteiger charge is 2.46. The number of rotatable bonds is 2. The molecule has 1 aromatic rings.